The topological polar surface area (TPSA) is 23.5 Å². The molecule has 1 fully saturated rings. The van der Waals surface area contributed by atoms with E-state index in [1.165, 1.54) is 5.56 Å². The highest BCUT2D eigenvalue weighted by atomic mass is 16.3. The largest absolute Gasteiger partial charge is 0.394 e. The second-order valence-electron chi connectivity index (χ2n) is 5.18. The minimum atomic E-state index is 0.180. The smallest absolute Gasteiger partial charge is 0.0628 e. The molecule has 0 amide bonds. The molecule has 0 spiro atoms. The van der Waals surface area contributed by atoms with Crippen LogP contribution in [0.1, 0.15) is 25.5 Å². The lowest BCUT2D eigenvalue weighted by Crippen LogP contribution is -2.54. The van der Waals surface area contributed by atoms with Crippen LogP contribution >= 0.6 is 0 Å². The van der Waals surface area contributed by atoms with Gasteiger partial charge in [0.05, 0.1) is 12.6 Å². The minimum absolute atomic E-state index is 0.180. The summed E-state index contributed by atoms with van der Waals surface area (Å²) in [4.78, 5) is 2.34. The molecule has 1 aromatic carbocycles. The van der Waals surface area contributed by atoms with E-state index in [1.807, 2.05) is 18.2 Å². The Morgan fingerprint density at radius 3 is 2.33 bits per heavy atom. The zero-order chi connectivity index (χ0) is 10.9. The molecule has 0 aliphatic carbocycles. The van der Waals surface area contributed by atoms with Crippen LogP contribution in [0.25, 0.3) is 0 Å². The van der Waals surface area contributed by atoms with Crippen LogP contribution in [-0.2, 0) is 0 Å². The summed E-state index contributed by atoms with van der Waals surface area (Å²) in [7, 11) is 0. The summed E-state index contributed by atoms with van der Waals surface area (Å²) in [6, 6.07) is 10.4. The number of hydrogen-bond acceptors (Lipinski definition) is 2. The Morgan fingerprint density at radius 1 is 1.27 bits per heavy atom. The van der Waals surface area contributed by atoms with Gasteiger partial charge in [0.25, 0.3) is 0 Å². The Bertz CT molecular complexity index is 313. The molecule has 1 N–H and O–H groups in total. The van der Waals surface area contributed by atoms with Gasteiger partial charge in [-0.1, -0.05) is 44.2 Å². The standard InChI is InChI=1S/C13H19NO/c1-13(2)9-14(10-13)12(8-15)11-6-4-3-5-7-11/h3-7,12,15H,8-10H2,1-2H3. The third-order valence-corrected chi connectivity index (χ3v) is 3.06. The monoisotopic (exact) mass is 205 g/mol. The zero-order valence-electron chi connectivity index (χ0n) is 9.48. The van der Waals surface area contributed by atoms with Crippen molar-refractivity contribution in [2.24, 2.45) is 5.41 Å². The first-order valence-corrected chi connectivity index (χ1v) is 5.52. The van der Waals surface area contributed by atoms with Gasteiger partial charge in [0.2, 0.25) is 0 Å². The fourth-order valence-electron chi connectivity index (χ4n) is 2.38. The highest BCUT2D eigenvalue weighted by Gasteiger charge is 2.38. The summed E-state index contributed by atoms with van der Waals surface area (Å²) >= 11 is 0. The SMILES string of the molecule is CC1(C)CN(C(CO)c2ccccc2)C1. The first-order chi connectivity index (χ1) is 7.12. The number of aliphatic hydroxyl groups excluding tert-OH is 1. The predicted octanol–water partition coefficient (Wildman–Crippen LogP) is 2.06. The van der Waals surface area contributed by atoms with E-state index in [1.54, 1.807) is 0 Å². The van der Waals surface area contributed by atoms with E-state index in [0.717, 1.165) is 13.1 Å². The van der Waals surface area contributed by atoms with Gasteiger partial charge in [-0.2, -0.15) is 0 Å². The maximum absolute atomic E-state index is 9.44. The van der Waals surface area contributed by atoms with Crippen LogP contribution in [0.4, 0.5) is 0 Å². The van der Waals surface area contributed by atoms with E-state index < -0.39 is 0 Å². The molecular formula is C13H19NO. The molecule has 2 heteroatoms. The normalized spacial score (nSPS) is 22.1. The van der Waals surface area contributed by atoms with Crippen LogP contribution in [0.15, 0.2) is 30.3 Å². The lowest BCUT2D eigenvalue weighted by molar-refractivity contribution is -0.0252. The number of benzene rings is 1. The summed E-state index contributed by atoms with van der Waals surface area (Å²) in [5.41, 5.74) is 1.64. The number of aliphatic hydroxyl groups is 1. The average molecular weight is 205 g/mol. The molecule has 1 heterocycles. The quantitative estimate of drug-likeness (QED) is 0.816. The van der Waals surface area contributed by atoms with Crippen LogP contribution in [0, 0.1) is 5.41 Å². The highest BCUT2D eigenvalue weighted by molar-refractivity contribution is 5.20. The summed E-state index contributed by atoms with van der Waals surface area (Å²) in [6.07, 6.45) is 0. The Labute approximate surface area is 91.5 Å². The first kappa shape index (κ1) is 10.7. The van der Waals surface area contributed by atoms with Gasteiger partial charge in [0.1, 0.15) is 0 Å². The Kier molecular flexibility index (Phi) is 2.81. The molecule has 1 atom stereocenters. The van der Waals surface area contributed by atoms with Crippen molar-refractivity contribution in [2.45, 2.75) is 19.9 Å². The van der Waals surface area contributed by atoms with Crippen molar-refractivity contribution in [1.29, 1.82) is 0 Å². The molecule has 2 nitrogen and oxygen atoms in total. The Hall–Kier alpha value is -0.860. The van der Waals surface area contributed by atoms with Gasteiger partial charge in [0, 0.05) is 13.1 Å². The molecule has 0 bridgehead atoms. The molecular weight excluding hydrogens is 186 g/mol. The molecule has 15 heavy (non-hydrogen) atoms. The van der Waals surface area contributed by atoms with Crippen LogP contribution < -0.4 is 0 Å². The van der Waals surface area contributed by atoms with E-state index in [9.17, 15) is 5.11 Å². The van der Waals surface area contributed by atoms with Gasteiger partial charge in [0.15, 0.2) is 0 Å². The van der Waals surface area contributed by atoms with Gasteiger partial charge in [-0.3, -0.25) is 4.90 Å². The Morgan fingerprint density at radius 2 is 1.87 bits per heavy atom. The molecule has 1 aromatic rings. The maximum atomic E-state index is 9.44. The number of hydrogen-bond donors (Lipinski definition) is 1. The van der Waals surface area contributed by atoms with Crippen molar-refractivity contribution in [1.82, 2.24) is 4.90 Å². The maximum Gasteiger partial charge on any atom is 0.0628 e. The third kappa shape index (κ3) is 2.21. The fourth-order valence-corrected chi connectivity index (χ4v) is 2.38. The summed E-state index contributed by atoms with van der Waals surface area (Å²) < 4.78 is 0. The molecule has 2 rings (SSSR count). The lowest BCUT2D eigenvalue weighted by Gasteiger charge is -2.49. The third-order valence-electron chi connectivity index (χ3n) is 3.06. The van der Waals surface area contributed by atoms with Crippen molar-refractivity contribution in [3.05, 3.63) is 35.9 Å². The van der Waals surface area contributed by atoms with Crippen LogP contribution in [0.5, 0.6) is 0 Å². The molecule has 0 radical (unpaired) electrons. The fraction of sp³-hybridized carbons (Fsp3) is 0.538. The minimum Gasteiger partial charge on any atom is -0.394 e. The van der Waals surface area contributed by atoms with E-state index in [4.69, 9.17) is 0 Å². The second kappa shape index (κ2) is 3.95. The molecule has 1 aliphatic heterocycles. The molecule has 1 unspecified atom stereocenters. The number of rotatable bonds is 3. The molecule has 1 saturated heterocycles. The number of nitrogens with zero attached hydrogens (tertiary/aromatic N) is 1. The number of likely N-dealkylation sites (tertiary alicyclic amines) is 1. The van der Waals surface area contributed by atoms with Crippen LogP contribution in [-0.4, -0.2) is 29.7 Å². The van der Waals surface area contributed by atoms with Gasteiger partial charge < -0.3 is 5.11 Å². The van der Waals surface area contributed by atoms with Gasteiger partial charge >= 0.3 is 0 Å². The zero-order valence-corrected chi connectivity index (χ0v) is 9.48. The average Bonchev–Trinajstić information content (AvgIpc) is 2.18. The molecule has 0 aromatic heterocycles. The van der Waals surface area contributed by atoms with Crippen molar-refractivity contribution in [3.63, 3.8) is 0 Å². The van der Waals surface area contributed by atoms with Crippen molar-refractivity contribution >= 4 is 0 Å². The van der Waals surface area contributed by atoms with Gasteiger partial charge in [-0.05, 0) is 11.0 Å². The molecule has 1 aliphatic rings. The van der Waals surface area contributed by atoms with Gasteiger partial charge in [-0.25, -0.2) is 0 Å². The summed E-state index contributed by atoms with van der Waals surface area (Å²) in [5, 5.41) is 9.44. The van der Waals surface area contributed by atoms with Gasteiger partial charge in [-0.15, -0.1) is 0 Å². The van der Waals surface area contributed by atoms with E-state index in [0.29, 0.717) is 5.41 Å². The lowest BCUT2D eigenvalue weighted by atomic mass is 9.82. The van der Waals surface area contributed by atoms with Crippen molar-refractivity contribution in [2.75, 3.05) is 19.7 Å². The Balaban J connectivity index is 2.07. The van der Waals surface area contributed by atoms with E-state index >= 15 is 0 Å². The first-order valence-electron chi connectivity index (χ1n) is 5.52. The molecule has 82 valence electrons. The van der Waals surface area contributed by atoms with Crippen LogP contribution in [0.2, 0.25) is 0 Å². The van der Waals surface area contributed by atoms with E-state index in [-0.39, 0.29) is 12.6 Å². The highest BCUT2D eigenvalue weighted by Crippen LogP contribution is 2.35. The van der Waals surface area contributed by atoms with Crippen molar-refractivity contribution in [3.8, 4) is 0 Å². The van der Waals surface area contributed by atoms with Crippen molar-refractivity contribution < 1.29 is 5.11 Å². The molecule has 0 saturated carbocycles. The summed E-state index contributed by atoms with van der Waals surface area (Å²) in [5.74, 6) is 0. The second-order valence-corrected chi connectivity index (χ2v) is 5.18. The predicted molar refractivity (Wildman–Crippen MR) is 61.6 cm³/mol. The summed E-state index contributed by atoms with van der Waals surface area (Å²) in [6.45, 7) is 6.90. The van der Waals surface area contributed by atoms with Crippen LogP contribution in [0.3, 0.4) is 0 Å². The van der Waals surface area contributed by atoms with E-state index in [2.05, 4.69) is 30.9 Å².